The van der Waals surface area contributed by atoms with Gasteiger partial charge < -0.3 is 15.7 Å². The minimum Gasteiger partial charge on any atom is -0.394 e. The number of hydrogen-bond donors (Lipinski definition) is 3. The molecule has 12 heavy (non-hydrogen) atoms. The zero-order valence-corrected chi connectivity index (χ0v) is 8.14. The fourth-order valence-electron chi connectivity index (χ4n) is 0.563. The second kappa shape index (κ2) is 4.42. The van der Waals surface area contributed by atoms with Crippen molar-refractivity contribution in [2.75, 3.05) is 13.7 Å². The van der Waals surface area contributed by atoms with Crippen LogP contribution in [0.15, 0.2) is 0 Å². The lowest BCUT2D eigenvalue weighted by atomic mass is 10.0. The number of aliphatic hydroxyl groups excluding tert-OH is 1. The lowest BCUT2D eigenvalue weighted by Crippen LogP contribution is -2.53. The maximum Gasteiger partial charge on any atom is 0.240 e. The summed E-state index contributed by atoms with van der Waals surface area (Å²) in [4.78, 5) is 11.4. The van der Waals surface area contributed by atoms with Crippen LogP contribution >= 0.6 is 0 Å². The van der Waals surface area contributed by atoms with Crippen LogP contribution in [0.2, 0.25) is 0 Å². The van der Waals surface area contributed by atoms with Gasteiger partial charge in [-0.2, -0.15) is 0 Å². The molecule has 0 aromatic rings. The summed E-state index contributed by atoms with van der Waals surface area (Å²) >= 11 is 0. The van der Waals surface area contributed by atoms with Gasteiger partial charge in [0.25, 0.3) is 0 Å². The Labute approximate surface area is 73.3 Å². The Bertz CT molecular complexity index is 157. The van der Waals surface area contributed by atoms with Crippen molar-refractivity contribution in [1.82, 2.24) is 10.6 Å². The number of carbonyl (C=O) groups is 1. The maximum atomic E-state index is 11.4. The van der Waals surface area contributed by atoms with Gasteiger partial charge in [0, 0.05) is 6.04 Å². The average Bonchev–Trinajstić information content (AvgIpc) is 2.04. The van der Waals surface area contributed by atoms with Gasteiger partial charge in [0.2, 0.25) is 5.91 Å². The van der Waals surface area contributed by atoms with Crippen LogP contribution < -0.4 is 10.6 Å². The first-order valence-corrected chi connectivity index (χ1v) is 4.04. The molecule has 1 atom stereocenters. The Morgan fingerprint density at radius 1 is 1.58 bits per heavy atom. The largest absolute Gasteiger partial charge is 0.394 e. The van der Waals surface area contributed by atoms with Crippen molar-refractivity contribution in [3.05, 3.63) is 0 Å². The van der Waals surface area contributed by atoms with Crippen molar-refractivity contribution in [2.45, 2.75) is 32.4 Å². The molecule has 4 heteroatoms. The highest BCUT2D eigenvalue weighted by atomic mass is 16.3. The van der Waals surface area contributed by atoms with E-state index in [2.05, 4.69) is 10.6 Å². The molecule has 0 spiro atoms. The molecule has 4 nitrogen and oxygen atoms in total. The van der Waals surface area contributed by atoms with Gasteiger partial charge in [0.1, 0.15) is 0 Å². The van der Waals surface area contributed by atoms with E-state index in [1.54, 1.807) is 27.8 Å². The Balaban J connectivity index is 4.03. The fourth-order valence-corrected chi connectivity index (χ4v) is 0.563. The summed E-state index contributed by atoms with van der Waals surface area (Å²) in [6, 6.07) is -0.190. The van der Waals surface area contributed by atoms with E-state index in [1.807, 2.05) is 0 Å². The van der Waals surface area contributed by atoms with Gasteiger partial charge in [-0.25, -0.2) is 0 Å². The van der Waals surface area contributed by atoms with E-state index in [1.165, 1.54) is 0 Å². The predicted octanol–water partition coefficient (Wildman–Crippen LogP) is -0.519. The smallest absolute Gasteiger partial charge is 0.240 e. The molecule has 1 amide bonds. The number of amides is 1. The summed E-state index contributed by atoms with van der Waals surface area (Å²) < 4.78 is 0. The number of hydrogen-bond acceptors (Lipinski definition) is 3. The molecular weight excluding hydrogens is 156 g/mol. The number of aliphatic hydroxyl groups is 1. The van der Waals surface area contributed by atoms with Crippen molar-refractivity contribution >= 4 is 5.91 Å². The number of carbonyl (C=O) groups excluding carboxylic acids is 1. The van der Waals surface area contributed by atoms with E-state index in [-0.39, 0.29) is 18.6 Å². The monoisotopic (exact) mass is 174 g/mol. The summed E-state index contributed by atoms with van der Waals surface area (Å²) in [6.45, 7) is 5.29. The van der Waals surface area contributed by atoms with Crippen LogP contribution in [0.5, 0.6) is 0 Å². The average molecular weight is 174 g/mol. The van der Waals surface area contributed by atoms with E-state index in [9.17, 15) is 4.79 Å². The maximum absolute atomic E-state index is 11.4. The molecule has 3 N–H and O–H groups in total. The summed E-state index contributed by atoms with van der Waals surface area (Å²) in [7, 11) is 1.73. The molecule has 0 aliphatic carbocycles. The Kier molecular flexibility index (Phi) is 4.20. The third kappa shape index (κ3) is 3.19. The van der Waals surface area contributed by atoms with Crippen molar-refractivity contribution in [3.63, 3.8) is 0 Å². The van der Waals surface area contributed by atoms with Crippen LogP contribution in [-0.4, -0.2) is 36.2 Å². The fraction of sp³-hybridized carbons (Fsp3) is 0.875. The molecule has 0 aliphatic rings. The lowest BCUT2D eigenvalue weighted by Gasteiger charge is -2.24. The van der Waals surface area contributed by atoms with Gasteiger partial charge in [-0.05, 0) is 27.8 Å². The highest BCUT2D eigenvalue weighted by Crippen LogP contribution is 2.00. The minimum absolute atomic E-state index is 0.0362. The van der Waals surface area contributed by atoms with Crippen LogP contribution in [0.1, 0.15) is 20.8 Å². The first kappa shape index (κ1) is 11.4. The molecule has 0 heterocycles. The molecule has 0 fully saturated rings. The molecule has 0 aromatic heterocycles. The Hall–Kier alpha value is -0.610. The van der Waals surface area contributed by atoms with E-state index in [4.69, 9.17) is 5.11 Å². The summed E-state index contributed by atoms with van der Waals surface area (Å²) in [5, 5.41) is 14.2. The zero-order chi connectivity index (χ0) is 9.78. The first-order valence-electron chi connectivity index (χ1n) is 4.04. The molecule has 0 saturated heterocycles. The molecule has 0 aliphatic heterocycles. The molecule has 0 bridgehead atoms. The van der Waals surface area contributed by atoms with Crippen molar-refractivity contribution < 1.29 is 9.90 Å². The quantitative estimate of drug-likeness (QED) is 0.537. The van der Waals surface area contributed by atoms with Crippen LogP contribution in [0.25, 0.3) is 0 Å². The van der Waals surface area contributed by atoms with Crippen LogP contribution in [-0.2, 0) is 4.79 Å². The number of likely N-dealkylation sites (N-methyl/N-ethyl adjacent to an activating group) is 1. The topological polar surface area (TPSA) is 61.4 Å². The zero-order valence-electron chi connectivity index (χ0n) is 8.14. The molecule has 0 unspecified atom stereocenters. The third-order valence-electron chi connectivity index (χ3n) is 1.84. The standard InChI is InChI=1S/C8H18N2O2/c1-6(5-11)10-7(12)8(2,3)9-4/h6,9,11H,5H2,1-4H3,(H,10,12)/t6-/m1/s1. The van der Waals surface area contributed by atoms with Gasteiger partial charge in [0.15, 0.2) is 0 Å². The molecule has 0 aromatic carbocycles. The predicted molar refractivity (Wildman–Crippen MR) is 47.8 cm³/mol. The highest BCUT2D eigenvalue weighted by molar-refractivity contribution is 5.85. The Morgan fingerprint density at radius 2 is 2.08 bits per heavy atom. The number of nitrogens with one attached hydrogen (secondary N) is 2. The second-order valence-corrected chi connectivity index (χ2v) is 3.43. The van der Waals surface area contributed by atoms with E-state index in [0.717, 1.165) is 0 Å². The normalized spacial score (nSPS) is 14.1. The third-order valence-corrected chi connectivity index (χ3v) is 1.84. The van der Waals surface area contributed by atoms with Crippen LogP contribution in [0, 0.1) is 0 Å². The Morgan fingerprint density at radius 3 is 2.42 bits per heavy atom. The summed E-state index contributed by atoms with van der Waals surface area (Å²) in [5.41, 5.74) is -0.580. The minimum atomic E-state index is -0.580. The second-order valence-electron chi connectivity index (χ2n) is 3.43. The SMILES string of the molecule is CNC(C)(C)C(=O)N[C@H](C)CO. The first-order chi connectivity index (χ1) is 5.44. The van der Waals surface area contributed by atoms with Gasteiger partial charge in [-0.1, -0.05) is 0 Å². The van der Waals surface area contributed by atoms with E-state index < -0.39 is 5.54 Å². The lowest BCUT2D eigenvalue weighted by molar-refractivity contribution is -0.127. The molecular formula is C8H18N2O2. The van der Waals surface area contributed by atoms with Crippen molar-refractivity contribution in [3.8, 4) is 0 Å². The van der Waals surface area contributed by atoms with Crippen molar-refractivity contribution in [2.24, 2.45) is 0 Å². The molecule has 72 valence electrons. The van der Waals surface area contributed by atoms with Gasteiger partial charge in [-0.15, -0.1) is 0 Å². The van der Waals surface area contributed by atoms with Crippen LogP contribution in [0.4, 0.5) is 0 Å². The van der Waals surface area contributed by atoms with E-state index >= 15 is 0 Å². The summed E-state index contributed by atoms with van der Waals surface area (Å²) in [5.74, 6) is -0.105. The summed E-state index contributed by atoms with van der Waals surface area (Å²) in [6.07, 6.45) is 0. The van der Waals surface area contributed by atoms with Gasteiger partial charge in [-0.3, -0.25) is 4.79 Å². The molecule has 0 radical (unpaired) electrons. The van der Waals surface area contributed by atoms with Gasteiger partial charge >= 0.3 is 0 Å². The van der Waals surface area contributed by atoms with Gasteiger partial charge in [0.05, 0.1) is 12.1 Å². The number of rotatable bonds is 4. The highest BCUT2D eigenvalue weighted by Gasteiger charge is 2.25. The molecule has 0 saturated carbocycles. The van der Waals surface area contributed by atoms with Crippen LogP contribution in [0.3, 0.4) is 0 Å². The molecule has 0 rings (SSSR count). The van der Waals surface area contributed by atoms with Crippen molar-refractivity contribution in [1.29, 1.82) is 0 Å². The van der Waals surface area contributed by atoms with E-state index in [0.29, 0.717) is 0 Å².